The van der Waals surface area contributed by atoms with Crippen molar-refractivity contribution in [1.82, 2.24) is 5.01 Å². The SMILES string of the molecule is CCC(OC(=O)c1ccc([N+](=O)[O-])cc1)(/C(N)=C/N(N)Cc1ccc2c(C3CC3)c(C#N)sc2c1)C(F)(F)F. The molecule has 3 aromatic rings. The van der Waals surface area contributed by atoms with Gasteiger partial charge in [0.05, 0.1) is 22.7 Å². The zero-order chi connectivity index (χ0) is 28.5. The van der Waals surface area contributed by atoms with E-state index >= 15 is 0 Å². The fourth-order valence-electron chi connectivity index (χ4n) is 4.35. The Labute approximate surface area is 225 Å². The summed E-state index contributed by atoms with van der Waals surface area (Å²) in [5, 5.41) is 22.3. The van der Waals surface area contributed by atoms with Crippen molar-refractivity contribution in [3.63, 3.8) is 0 Å². The van der Waals surface area contributed by atoms with Crippen LogP contribution in [-0.4, -0.2) is 27.7 Å². The van der Waals surface area contributed by atoms with Gasteiger partial charge in [-0.3, -0.25) is 10.1 Å². The van der Waals surface area contributed by atoms with Crippen molar-refractivity contribution in [2.45, 2.75) is 50.4 Å². The minimum atomic E-state index is -5.09. The number of fused-ring (bicyclic) bond motifs is 1. The van der Waals surface area contributed by atoms with Crippen molar-refractivity contribution in [3.8, 4) is 6.07 Å². The van der Waals surface area contributed by atoms with E-state index in [0.29, 0.717) is 16.4 Å². The first-order valence-electron chi connectivity index (χ1n) is 11.9. The fourth-order valence-corrected chi connectivity index (χ4v) is 5.50. The molecule has 2 aromatic carbocycles. The third kappa shape index (κ3) is 5.52. The molecule has 0 spiro atoms. The number of nitriles is 1. The Morgan fingerprint density at radius 3 is 2.49 bits per heavy atom. The van der Waals surface area contributed by atoms with Crippen LogP contribution < -0.4 is 11.6 Å². The number of halogens is 3. The third-order valence-electron chi connectivity index (χ3n) is 6.55. The average Bonchev–Trinajstić information content (AvgIpc) is 3.65. The monoisotopic (exact) mass is 559 g/mol. The van der Waals surface area contributed by atoms with Crippen LogP contribution in [0.25, 0.3) is 10.1 Å². The topological polar surface area (TPSA) is 149 Å². The summed E-state index contributed by atoms with van der Waals surface area (Å²) in [6, 6.07) is 11.7. The Kier molecular flexibility index (Phi) is 7.54. The van der Waals surface area contributed by atoms with E-state index in [4.69, 9.17) is 16.3 Å². The fraction of sp³-hybridized carbons (Fsp3) is 0.308. The number of esters is 1. The summed E-state index contributed by atoms with van der Waals surface area (Å²) in [5.41, 5.74) is 2.93. The van der Waals surface area contributed by atoms with Crippen LogP contribution in [0.3, 0.4) is 0 Å². The number of nitro groups is 1. The first-order chi connectivity index (χ1) is 18.4. The molecule has 4 N–H and O–H groups in total. The van der Waals surface area contributed by atoms with Crippen LogP contribution in [0.2, 0.25) is 0 Å². The zero-order valence-corrected chi connectivity index (χ0v) is 21.5. The molecular weight excluding hydrogens is 535 g/mol. The standard InChI is InChI=1S/C26H24F3N5O4S/c1-2-25(26(27,28)29,38-24(35)17-6-8-18(9-7-17)34(36)37)22(31)14-33(32)13-15-3-10-19-20(11-15)39-21(12-30)23(19)16-4-5-16/h3,6-11,14,16H,2,4-5,13,31-32H2,1H3/b22-14-. The number of nitrogens with zero attached hydrogens (tertiary/aromatic N) is 3. The molecule has 39 heavy (non-hydrogen) atoms. The van der Waals surface area contributed by atoms with Crippen molar-refractivity contribution in [1.29, 1.82) is 5.26 Å². The summed E-state index contributed by atoms with van der Waals surface area (Å²) < 4.78 is 48.7. The molecule has 1 saturated carbocycles. The van der Waals surface area contributed by atoms with Crippen molar-refractivity contribution in [2.24, 2.45) is 11.6 Å². The Balaban J connectivity index is 1.57. The van der Waals surface area contributed by atoms with Crippen molar-refractivity contribution >= 4 is 33.1 Å². The number of thiophene rings is 1. The number of hydrazine groups is 1. The molecule has 0 aliphatic heterocycles. The average molecular weight is 560 g/mol. The highest BCUT2D eigenvalue weighted by Gasteiger charge is 2.59. The molecule has 204 valence electrons. The van der Waals surface area contributed by atoms with Gasteiger partial charge in [-0.05, 0) is 59.9 Å². The second kappa shape index (κ2) is 10.5. The van der Waals surface area contributed by atoms with E-state index in [1.54, 1.807) is 6.07 Å². The van der Waals surface area contributed by atoms with Gasteiger partial charge >= 0.3 is 12.1 Å². The predicted octanol–water partition coefficient (Wildman–Crippen LogP) is 5.60. The number of ether oxygens (including phenoxy) is 1. The van der Waals surface area contributed by atoms with Crippen LogP contribution in [0.1, 0.15) is 58.5 Å². The number of rotatable bonds is 9. The summed E-state index contributed by atoms with van der Waals surface area (Å²) in [7, 11) is 0. The van der Waals surface area contributed by atoms with Crippen LogP contribution in [0, 0.1) is 21.4 Å². The van der Waals surface area contributed by atoms with Gasteiger partial charge in [-0.2, -0.15) is 18.4 Å². The van der Waals surface area contributed by atoms with Crippen molar-refractivity contribution < 1.29 is 27.6 Å². The second-order valence-electron chi connectivity index (χ2n) is 9.19. The van der Waals surface area contributed by atoms with E-state index in [2.05, 4.69) is 6.07 Å². The van der Waals surface area contributed by atoms with Crippen molar-refractivity contribution in [2.75, 3.05) is 0 Å². The number of non-ortho nitro benzene ring substituents is 1. The quantitative estimate of drug-likeness (QED) is 0.149. The van der Waals surface area contributed by atoms with Crippen LogP contribution in [0.4, 0.5) is 18.9 Å². The molecule has 9 nitrogen and oxygen atoms in total. The van der Waals surface area contributed by atoms with Gasteiger partial charge in [-0.15, -0.1) is 11.3 Å². The molecule has 13 heteroatoms. The van der Waals surface area contributed by atoms with Gasteiger partial charge in [0.1, 0.15) is 10.9 Å². The van der Waals surface area contributed by atoms with E-state index in [-0.39, 0.29) is 17.8 Å². The number of hydrogen-bond acceptors (Lipinski definition) is 9. The Morgan fingerprint density at radius 1 is 1.28 bits per heavy atom. The maximum atomic E-state index is 14.3. The van der Waals surface area contributed by atoms with Gasteiger partial charge in [0.2, 0.25) is 5.60 Å². The first kappa shape index (κ1) is 27.9. The Hall–Kier alpha value is -4.15. The molecule has 1 heterocycles. The summed E-state index contributed by atoms with van der Waals surface area (Å²) >= 11 is 1.36. The van der Waals surface area contributed by atoms with E-state index in [0.717, 1.165) is 70.9 Å². The number of nitro benzene ring substituents is 1. The third-order valence-corrected chi connectivity index (χ3v) is 7.63. The molecule has 4 rings (SSSR count). The molecule has 1 fully saturated rings. The molecule has 1 atom stereocenters. The highest BCUT2D eigenvalue weighted by atomic mass is 32.1. The molecule has 1 aliphatic rings. The van der Waals surface area contributed by atoms with Gasteiger partial charge in [-0.25, -0.2) is 10.6 Å². The Morgan fingerprint density at radius 2 is 1.95 bits per heavy atom. The largest absolute Gasteiger partial charge is 0.439 e. The number of nitrogens with two attached hydrogens (primary N) is 2. The lowest BCUT2D eigenvalue weighted by Crippen LogP contribution is -2.53. The normalized spacial score (nSPS) is 15.4. The van der Waals surface area contributed by atoms with Crippen molar-refractivity contribution in [3.05, 3.63) is 86.0 Å². The second-order valence-corrected chi connectivity index (χ2v) is 10.2. The lowest BCUT2D eigenvalue weighted by Gasteiger charge is -2.35. The molecule has 0 bridgehead atoms. The minimum Gasteiger partial charge on any atom is -0.439 e. The lowest BCUT2D eigenvalue weighted by atomic mass is 9.95. The molecule has 0 saturated heterocycles. The number of alkyl halides is 3. The lowest BCUT2D eigenvalue weighted by molar-refractivity contribution is -0.384. The molecule has 1 unspecified atom stereocenters. The number of carbonyl (C=O) groups excluding carboxylic acids is 1. The molecule has 0 radical (unpaired) electrons. The number of carbonyl (C=O) groups is 1. The zero-order valence-electron chi connectivity index (χ0n) is 20.7. The highest BCUT2D eigenvalue weighted by Crippen LogP contribution is 2.48. The van der Waals surface area contributed by atoms with E-state index in [9.17, 15) is 33.3 Å². The van der Waals surface area contributed by atoms with Gasteiger partial charge in [0.25, 0.3) is 5.69 Å². The highest BCUT2D eigenvalue weighted by molar-refractivity contribution is 7.19. The molecular formula is C26H24F3N5O4S. The molecule has 1 aromatic heterocycles. The van der Waals surface area contributed by atoms with E-state index in [1.807, 2.05) is 12.1 Å². The van der Waals surface area contributed by atoms with E-state index < -0.39 is 34.8 Å². The van der Waals surface area contributed by atoms with Crippen LogP contribution >= 0.6 is 11.3 Å². The van der Waals surface area contributed by atoms with Crippen LogP contribution in [-0.2, 0) is 11.3 Å². The van der Waals surface area contributed by atoms with Gasteiger partial charge < -0.3 is 15.5 Å². The molecule has 0 amide bonds. The van der Waals surface area contributed by atoms with E-state index in [1.165, 1.54) is 11.3 Å². The molecule has 1 aliphatic carbocycles. The maximum absolute atomic E-state index is 14.3. The number of benzene rings is 2. The van der Waals surface area contributed by atoms with Crippen LogP contribution in [0.5, 0.6) is 0 Å². The van der Waals surface area contributed by atoms with Gasteiger partial charge in [-0.1, -0.05) is 19.1 Å². The summed E-state index contributed by atoms with van der Waals surface area (Å²) in [4.78, 5) is 23.4. The summed E-state index contributed by atoms with van der Waals surface area (Å²) in [6.07, 6.45) is -2.89. The Bertz CT molecular complexity index is 1490. The maximum Gasteiger partial charge on any atom is 0.434 e. The van der Waals surface area contributed by atoms with Crippen LogP contribution in [0.15, 0.2) is 54.4 Å². The number of hydrogen-bond donors (Lipinski definition) is 2. The van der Waals surface area contributed by atoms with Gasteiger partial charge in [0.15, 0.2) is 0 Å². The first-order valence-corrected chi connectivity index (χ1v) is 12.7. The smallest absolute Gasteiger partial charge is 0.434 e. The van der Waals surface area contributed by atoms with Gasteiger partial charge in [0, 0.05) is 23.0 Å². The summed E-state index contributed by atoms with van der Waals surface area (Å²) in [5.74, 6) is 5.03. The summed E-state index contributed by atoms with van der Waals surface area (Å²) in [6.45, 7) is 1.15. The predicted molar refractivity (Wildman–Crippen MR) is 138 cm³/mol. The minimum absolute atomic E-state index is 0.0108.